The van der Waals surface area contributed by atoms with E-state index in [1.165, 1.54) is 32.1 Å². The summed E-state index contributed by atoms with van der Waals surface area (Å²) in [5.74, 6) is 2.07. The second-order valence-corrected chi connectivity index (χ2v) is 4.98. The highest BCUT2D eigenvalue weighted by atomic mass is 14.5. The summed E-state index contributed by atoms with van der Waals surface area (Å²) < 4.78 is 0. The highest BCUT2D eigenvalue weighted by Crippen LogP contribution is 2.56. The third kappa shape index (κ3) is 1.11. The molecule has 11 heavy (non-hydrogen) atoms. The maximum absolute atomic E-state index is 2.46. The van der Waals surface area contributed by atoms with Crippen molar-refractivity contribution in [1.29, 1.82) is 0 Å². The lowest BCUT2D eigenvalue weighted by molar-refractivity contribution is -0.00914. The van der Waals surface area contributed by atoms with Crippen LogP contribution < -0.4 is 0 Å². The fourth-order valence-electron chi connectivity index (χ4n) is 2.92. The van der Waals surface area contributed by atoms with Crippen molar-refractivity contribution in [1.82, 2.24) is 0 Å². The predicted octanol–water partition coefficient (Wildman–Crippen LogP) is 3.61. The molecule has 0 bridgehead atoms. The lowest BCUT2D eigenvalue weighted by Gasteiger charge is -2.52. The molecule has 1 spiro atoms. The van der Waals surface area contributed by atoms with Gasteiger partial charge in [-0.25, -0.2) is 0 Å². The van der Waals surface area contributed by atoms with Crippen LogP contribution in [0, 0.1) is 17.3 Å². The highest BCUT2D eigenvalue weighted by Gasteiger charge is 2.44. The molecule has 0 nitrogen and oxygen atoms in total. The Balaban J connectivity index is 1.96. The molecule has 0 unspecified atom stereocenters. The minimum Gasteiger partial charge on any atom is -0.0625 e. The minimum atomic E-state index is 0.840. The summed E-state index contributed by atoms with van der Waals surface area (Å²) in [6.07, 6.45) is 9.13. The van der Waals surface area contributed by atoms with Gasteiger partial charge in [0.2, 0.25) is 0 Å². The molecule has 64 valence electrons. The molecule has 0 heteroatoms. The fraction of sp³-hybridized carbons (Fsp3) is 1.00. The van der Waals surface area contributed by atoms with Gasteiger partial charge in [0, 0.05) is 0 Å². The first-order valence-corrected chi connectivity index (χ1v) is 5.23. The summed E-state index contributed by atoms with van der Waals surface area (Å²) in [4.78, 5) is 0. The predicted molar refractivity (Wildman–Crippen MR) is 48.5 cm³/mol. The van der Waals surface area contributed by atoms with Crippen molar-refractivity contribution in [2.24, 2.45) is 17.3 Å². The SMILES string of the molecule is CC1CCC2(CC1)CC[C@H]2C. The van der Waals surface area contributed by atoms with Crippen molar-refractivity contribution in [3.63, 3.8) is 0 Å². The van der Waals surface area contributed by atoms with Crippen LogP contribution in [0.3, 0.4) is 0 Å². The summed E-state index contributed by atoms with van der Waals surface area (Å²) in [6, 6.07) is 0. The van der Waals surface area contributed by atoms with Gasteiger partial charge in [0.25, 0.3) is 0 Å². The van der Waals surface area contributed by atoms with Gasteiger partial charge in [0.05, 0.1) is 0 Å². The topological polar surface area (TPSA) is 0 Å². The fourth-order valence-corrected chi connectivity index (χ4v) is 2.92. The smallest absolute Gasteiger partial charge is 0.0271 e. The molecule has 0 aromatic rings. The molecule has 0 saturated heterocycles. The van der Waals surface area contributed by atoms with Gasteiger partial charge in [0.1, 0.15) is 0 Å². The zero-order valence-electron chi connectivity index (χ0n) is 7.90. The van der Waals surface area contributed by atoms with Crippen molar-refractivity contribution >= 4 is 0 Å². The van der Waals surface area contributed by atoms with Crippen LogP contribution >= 0.6 is 0 Å². The van der Waals surface area contributed by atoms with Crippen LogP contribution in [0.1, 0.15) is 52.4 Å². The van der Waals surface area contributed by atoms with E-state index in [1.807, 2.05) is 0 Å². The Hall–Kier alpha value is 0. The van der Waals surface area contributed by atoms with Gasteiger partial charge in [-0.3, -0.25) is 0 Å². The molecular formula is C11H20. The molecule has 0 aromatic carbocycles. The summed E-state index contributed by atoms with van der Waals surface area (Å²) in [7, 11) is 0. The van der Waals surface area contributed by atoms with Gasteiger partial charge in [-0.15, -0.1) is 0 Å². The quantitative estimate of drug-likeness (QED) is 0.497. The van der Waals surface area contributed by atoms with Gasteiger partial charge < -0.3 is 0 Å². The normalized spacial score (nSPS) is 50.7. The van der Waals surface area contributed by atoms with Crippen LogP contribution in [0.5, 0.6) is 0 Å². The Morgan fingerprint density at radius 2 is 1.45 bits per heavy atom. The minimum absolute atomic E-state index is 0.840. The molecule has 2 aliphatic rings. The Morgan fingerprint density at radius 1 is 0.909 bits per heavy atom. The monoisotopic (exact) mass is 152 g/mol. The molecule has 0 aromatic heterocycles. The zero-order chi connectivity index (χ0) is 7.90. The van der Waals surface area contributed by atoms with E-state index in [-0.39, 0.29) is 0 Å². The molecule has 0 N–H and O–H groups in total. The lowest BCUT2D eigenvalue weighted by Crippen LogP contribution is -2.41. The van der Waals surface area contributed by atoms with Crippen LogP contribution in [-0.2, 0) is 0 Å². The molecular weight excluding hydrogens is 132 g/mol. The molecule has 0 amide bonds. The van der Waals surface area contributed by atoms with E-state index in [9.17, 15) is 0 Å². The number of hydrogen-bond acceptors (Lipinski definition) is 0. The van der Waals surface area contributed by atoms with E-state index in [0.29, 0.717) is 0 Å². The van der Waals surface area contributed by atoms with E-state index in [2.05, 4.69) is 13.8 Å². The number of rotatable bonds is 0. The average molecular weight is 152 g/mol. The standard InChI is InChI=1S/C11H20/c1-9-3-6-11(7-4-9)8-5-10(11)2/h9-10H,3-8H2,1-2H3/t9?,10-,11?/m1/s1. The summed E-state index contributed by atoms with van der Waals surface area (Å²) in [6.45, 7) is 4.87. The summed E-state index contributed by atoms with van der Waals surface area (Å²) in [5.41, 5.74) is 0.840. The molecule has 0 heterocycles. The third-order valence-electron chi connectivity index (χ3n) is 4.39. The van der Waals surface area contributed by atoms with Crippen LogP contribution in [-0.4, -0.2) is 0 Å². The van der Waals surface area contributed by atoms with E-state index < -0.39 is 0 Å². The van der Waals surface area contributed by atoms with Crippen LogP contribution in [0.4, 0.5) is 0 Å². The van der Waals surface area contributed by atoms with Crippen LogP contribution in [0.15, 0.2) is 0 Å². The van der Waals surface area contributed by atoms with E-state index in [1.54, 1.807) is 6.42 Å². The Labute approximate surface area is 70.4 Å². The Bertz CT molecular complexity index is 140. The molecule has 2 rings (SSSR count). The van der Waals surface area contributed by atoms with Gasteiger partial charge in [-0.2, -0.15) is 0 Å². The van der Waals surface area contributed by atoms with Gasteiger partial charge in [0.15, 0.2) is 0 Å². The molecule has 1 atom stereocenters. The van der Waals surface area contributed by atoms with Crippen molar-refractivity contribution in [2.45, 2.75) is 52.4 Å². The lowest BCUT2D eigenvalue weighted by atomic mass is 9.53. The molecule has 2 aliphatic carbocycles. The van der Waals surface area contributed by atoms with Crippen molar-refractivity contribution in [3.05, 3.63) is 0 Å². The first-order chi connectivity index (χ1) is 5.23. The number of hydrogen-bond donors (Lipinski definition) is 0. The van der Waals surface area contributed by atoms with Crippen LogP contribution in [0.25, 0.3) is 0 Å². The van der Waals surface area contributed by atoms with Gasteiger partial charge in [-0.1, -0.05) is 26.7 Å². The molecule has 0 aliphatic heterocycles. The largest absolute Gasteiger partial charge is 0.0625 e. The van der Waals surface area contributed by atoms with Gasteiger partial charge in [-0.05, 0) is 42.9 Å². The average Bonchev–Trinajstić information content (AvgIpc) is 2.03. The second kappa shape index (κ2) is 2.50. The first-order valence-electron chi connectivity index (χ1n) is 5.23. The van der Waals surface area contributed by atoms with Crippen LogP contribution in [0.2, 0.25) is 0 Å². The molecule has 0 radical (unpaired) electrons. The molecule has 2 saturated carbocycles. The summed E-state index contributed by atoms with van der Waals surface area (Å²) >= 11 is 0. The van der Waals surface area contributed by atoms with E-state index >= 15 is 0 Å². The summed E-state index contributed by atoms with van der Waals surface area (Å²) in [5, 5.41) is 0. The third-order valence-corrected chi connectivity index (χ3v) is 4.39. The highest BCUT2D eigenvalue weighted by molar-refractivity contribution is 4.95. The van der Waals surface area contributed by atoms with Crippen molar-refractivity contribution in [3.8, 4) is 0 Å². The van der Waals surface area contributed by atoms with E-state index in [0.717, 1.165) is 17.3 Å². The van der Waals surface area contributed by atoms with Crippen molar-refractivity contribution < 1.29 is 0 Å². The Morgan fingerprint density at radius 3 is 1.82 bits per heavy atom. The van der Waals surface area contributed by atoms with E-state index in [4.69, 9.17) is 0 Å². The van der Waals surface area contributed by atoms with Gasteiger partial charge >= 0.3 is 0 Å². The first kappa shape index (κ1) is 7.64. The zero-order valence-corrected chi connectivity index (χ0v) is 7.90. The van der Waals surface area contributed by atoms with Crippen molar-refractivity contribution in [2.75, 3.05) is 0 Å². The Kier molecular flexibility index (Phi) is 1.74. The second-order valence-electron chi connectivity index (χ2n) is 4.98. The maximum atomic E-state index is 2.46. The maximum Gasteiger partial charge on any atom is -0.0271 e. The molecule has 2 fully saturated rings.